The summed E-state index contributed by atoms with van der Waals surface area (Å²) in [6, 6.07) is 3.55. The maximum atomic E-state index is 13.8. The number of benzene rings is 1. The first-order chi connectivity index (χ1) is 11.1. The number of piperidine rings is 1. The molecule has 0 aromatic heterocycles. The Morgan fingerprint density at radius 1 is 1.25 bits per heavy atom. The highest BCUT2D eigenvalue weighted by atomic mass is 35.5. The number of rotatable bonds is 2. The number of likely N-dealkylation sites (tertiary alicyclic amines) is 1. The van der Waals surface area contributed by atoms with Crippen molar-refractivity contribution >= 4 is 24.2 Å². The van der Waals surface area contributed by atoms with E-state index < -0.39 is 17.5 Å². The summed E-state index contributed by atoms with van der Waals surface area (Å²) < 4.78 is 27.1. The topological polar surface area (TPSA) is 52.7 Å². The SMILES string of the molecule is Cl.O=C(c1cccc(F)c1F)N1CCCC(N2CCNCC2=O)C1. The molecule has 2 amide bonds. The zero-order valence-corrected chi connectivity index (χ0v) is 14.0. The number of carbonyl (C=O) groups is 2. The Morgan fingerprint density at radius 3 is 2.79 bits per heavy atom. The minimum atomic E-state index is -1.11. The van der Waals surface area contributed by atoms with Gasteiger partial charge in [-0.3, -0.25) is 9.59 Å². The summed E-state index contributed by atoms with van der Waals surface area (Å²) in [7, 11) is 0. The fraction of sp³-hybridized carbons (Fsp3) is 0.500. The molecule has 0 bridgehead atoms. The molecule has 8 heteroatoms. The van der Waals surface area contributed by atoms with Crippen LogP contribution in [0.5, 0.6) is 0 Å². The largest absolute Gasteiger partial charge is 0.336 e. The van der Waals surface area contributed by atoms with Gasteiger partial charge in [0.15, 0.2) is 11.6 Å². The molecule has 1 unspecified atom stereocenters. The Bertz CT molecular complexity index is 629. The smallest absolute Gasteiger partial charge is 0.257 e. The predicted octanol–water partition coefficient (Wildman–Crippen LogP) is 1.42. The molecule has 1 atom stereocenters. The van der Waals surface area contributed by atoms with Gasteiger partial charge in [-0.15, -0.1) is 12.4 Å². The van der Waals surface area contributed by atoms with E-state index in [4.69, 9.17) is 0 Å². The van der Waals surface area contributed by atoms with E-state index in [1.54, 1.807) is 4.90 Å². The third-order valence-corrected chi connectivity index (χ3v) is 4.43. The average molecular weight is 360 g/mol. The van der Waals surface area contributed by atoms with Crippen LogP contribution in [0.1, 0.15) is 23.2 Å². The van der Waals surface area contributed by atoms with Gasteiger partial charge in [0.25, 0.3) is 5.91 Å². The van der Waals surface area contributed by atoms with Crippen LogP contribution in [-0.4, -0.2) is 60.4 Å². The summed E-state index contributed by atoms with van der Waals surface area (Å²) >= 11 is 0. The molecule has 2 heterocycles. The lowest BCUT2D eigenvalue weighted by Gasteiger charge is -2.41. The highest BCUT2D eigenvalue weighted by Gasteiger charge is 2.32. The average Bonchev–Trinajstić information content (AvgIpc) is 2.57. The molecule has 24 heavy (non-hydrogen) atoms. The van der Waals surface area contributed by atoms with Crippen molar-refractivity contribution in [1.82, 2.24) is 15.1 Å². The van der Waals surface area contributed by atoms with Crippen molar-refractivity contribution in [2.45, 2.75) is 18.9 Å². The summed E-state index contributed by atoms with van der Waals surface area (Å²) in [6.45, 7) is 2.50. The van der Waals surface area contributed by atoms with E-state index in [2.05, 4.69) is 5.32 Å². The number of amides is 2. The molecular formula is C16H20ClF2N3O2. The lowest BCUT2D eigenvalue weighted by Crippen LogP contribution is -2.57. The number of piperazine rings is 1. The second-order valence-corrected chi connectivity index (χ2v) is 5.91. The van der Waals surface area contributed by atoms with Crippen LogP contribution in [0.2, 0.25) is 0 Å². The van der Waals surface area contributed by atoms with Gasteiger partial charge in [0.2, 0.25) is 5.91 Å². The second-order valence-electron chi connectivity index (χ2n) is 5.91. The van der Waals surface area contributed by atoms with Gasteiger partial charge in [-0.05, 0) is 25.0 Å². The lowest BCUT2D eigenvalue weighted by molar-refractivity contribution is -0.135. The van der Waals surface area contributed by atoms with Crippen molar-refractivity contribution < 1.29 is 18.4 Å². The molecule has 1 aromatic rings. The van der Waals surface area contributed by atoms with Gasteiger partial charge in [0.1, 0.15) is 0 Å². The number of nitrogens with one attached hydrogen (secondary N) is 1. The Balaban J connectivity index is 0.00000208. The molecule has 2 fully saturated rings. The van der Waals surface area contributed by atoms with Gasteiger partial charge in [-0.2, -0.15) is 0 Å². The molecule has 1 N–H and O–H groups in total. The van der Waals surface area contributed by atoms with Crippen molar-refractivity contribution in [2.75, 3.05) is 32.7 Å². The molecule has 2 aliphatic rings. The first-order valence-corrected chi connectivity index (χ1v) is 7.81. The normalized spacial score (nSPS) is 21.4. The monoisotopic (exact) mass is 359 g/mol. The highest BCUT2D eigenvalue weighted by Crippen LogP contribution is 2.20. The predicted molar refractivity (Wildman–Crippen MR) is 87.1 cm³/mol. The van der Waals surface area contributed by atoms with Crippen molar-refractivity contribution in [3.8, 4) is 0 Å². The quantitative estimate of drug-likeness (QED) is 0.869. The van der Waals surface area contributed by atoms with E-state index in [0.717, 1.165) is 25.5 Å². The summed E-state index contributed by atoms with van der Waals surface area (Å²) in [5.74, 6) is -2.64. The van der Waals surface area contributed by atoms with Crippen LogP contribution >= 0.6 is 12.4 Å². The van der Waals surface area contributed by atoms with Crippen molar-refractivity contribution in [1.29, 1.82) is 0 Å². The van der Waals surface area contributed by atoms with Crippen molar-refractivity contribution in [3.63, 3.8) is 0 Å². The fourth-order valence-electron chi connectivity index (χ4n) is 3.24. The van der Waals surface area contributed by atoms with E-state index in [9.17, 15) is 18.4 Å². The van der Waals surface area contributed by atoms with Crippen LogP contribution in [0.3, 0.4) is 0 Å². The molecule has 2 saturated heterocycles. The lowest BCUT2D eigenvalue weighted by atomic mass is 10.0. The first-order valence-electron chi connectivity index (χ1n) is 7.81. The van der Waals surface area contributed by atoms with Crippen LogP contribution in [0.25, 0.3) is 0 Å². The summed E-state index contributed by atoms with van der Waals surface area (Å²) in [6.07, 6.45) is 1.56. The van der Waals surface area contributed by atoms with E-state index in [1.807, 2.05) is 0 Å². The molecule has 0 saturated carbocycles. The summed E-state index contributed by atoms with van der Waals surface area (Å²) in [5.41, 5.74) is -0.253. The maximum absolute atomic E-state index is 13.8. The van der Waals surface area contributed by atoms with Crippen LogP contribution in [0.15, 0.2) is 18.2 Å². The Labute approximate surface area is 145 Å². The molecule has 0 aliphatic carbocycles. The van der Waals surface area contributed by atoms with Crippen LogP contribution in [0.4, 0.5) is 8.78 Å². The number of hydrogen-bond donors (Lipinski definition) is 1. The third-order valence-electron chi connectivity index (χ3n) is 4.43. The number of hydrogen-bond acceptors (Lipinski definition) is 3. The van der Waals surface area contributed by atoms with Gasteiger partial charge in [0, 0.05) is 32.2 Å². The Hall–Kier alpha value is -1.73. The Kier molecular flexibility index (Phi) is 6.12. The van der Waals surface area contributed by atoms with Crippen molar-refractivity contribution in [2.24, 2.45) is 0 Å². The molecule has 5 nitrogen and oxygen atoms in total. The minimum absolute atomic E-state index is 0. The van der Waals surface area contributed by atoms with E-state index in [0.29, 0.717) is 26.2 Å². The van der Waals surface area contributed by atoms with Gasteiger partial charge in [-0.1, -0.05) is 6.07 Å². The zero-order valence-electron chi connectivity index (χ0n) is 13.1. The van der Waals surface area contributed by atoms with Gasteiger partial charge in [0.05, 0.1) is 12.1 Å². The molecular weight excluding hydrogens is 340 g/mol. The number of halogens is 3. The van der Waals surface area contributed by atoms with E-state index >= 15 is 0 Å². The molecule has 3 rings (SSSR count). The van der Waals surface area contributed by atoms with Gasteiger partial charge in [-0.25, -0.2) is 8.78 Å². The van der Waals surface area contributed by atoms with Crippen LogP contribution < -0.4 is 5.32 Å². The Morgan fingerprint density at radius 2 is 2.04 bits per heavy atom. The minimum Gasteiger partial charge on any atom is -0.336 e. The van der Waals surface area contributed by atoms with Crippen LogP contribution in [0, 0.1) is 11.6 Å². The van der Waals surface area contributed by atoms with Gasteiger partial charge >= 0.3 is 0 Å². The summed E-state index contributed by atoms with van der Waals surface area (Å²) in [5, 5.41) is 3.01. The number of carbonyl (C=O) groups excluding carboxylic acids is 2. The number of nitrogens with zero attached hydrogens (tertiary/aromatic N) is 2. The van der Waals surface area contributed by atoms with E-state index in [1.165, 1.54) is 17.0 Å². The molecule has 2 aliphatic heterocycles. The van der Waals surface area contributed by atoms with E-state index in [-0.39, 0.29) is 29.9 Å². The molecule has 132 valence electrons. The standard InChI is InChI=1S/C16H19F2N3O2.ClH/c17-13-5-1-4-12(15(13)18)16(23)20-7-2-3-11(10-20)21-8-6-19-9-14(21)22;/h1,4-5,11,19H,2-3,6-10H2;1H. The highest BCUT2D eigenvalue weighted by molar-refractivity contribution is 5.94. The first kappa shape index (κ1) is 18.6. The van der Waals surface area contributed by atoms with Gasteiger partial charge < -0.3 is 15.1 Å². The molecule has 0 spiro atoms. The maximum Gasteiger partial charge on any atom is 0.257 e. The van der Waals surface area contributed by atoms with Crippen LogP contribution in [-0.2, 0) is 4.79 Å². The van der Waals surface area contributed by atoms with Crippen molar-refractivity contribution in [3.05, 3.63) is 35.4 Å². The third kappa shape index (κ3) is 3.67. The zero-order chi connectivity index (χ0) is 16.4. The molecule has 1 aromatic carbocycles. The molecule has 0 radical (unpaired) electrons. The summed E-state index contributed by atoms with van der Waals surface area (Å²) in [4.78, 5) is 27.8. The second kappa shape index (κ2) is 7.90. The fourth-order valence-corrected chi connectivity index (χ4v) is 3.24.